The summed E-state index contributed by atoms with van der Waals surface area (Å²) in [5.74, 6) is 1.04. The highest BCUT2D eigenvalue weighted by molar-refractivity contribution is 14.1. The number of hydrogen-bond acceptors (Lipinski definition) is 4. The van der Waals surface area contributed by atoms with Crippen molar-refractivity contribution in [2.75, 3.05) is 25.0 Å². The van der Waals surface area contributed by atoms with Crippen molar-refractivity contribution in [1.29, 1.82) is 0 Å². The fourth-order valence-corrected chi connectivity index (χ4v) is 4.99. The number of anilines is 1. The first-order valence-electron chi connectivity index (χ1n) is 8.13. The fraction of sp³-hybridized carbons (Fsp3) is 0.625. The minimum Gasteiger partial charge on any atom is -0.342 e. The van der Waals surface area contributed by atoms with Crippen LogP contribution in [0.5, 0.6) is 0 Å². The molecule has 5 nitrogen and oxygen atoms in total. The van der Waals surface area contributed by atoms with Gasteiger partial charge in [0.25, 0.3) is 0 Å². The van der Waals surface area contributed by atoms with Crippen molar-refractivity contribution in [3.05, 3.63) is 22.2 Å². The van der Waals surface area contributed by atoms with Gasteiger partial charge in [0, 0.05) is 37.7 Å². The molecular weight excluding hydrogens is 389 g/mol. The molecule has 1 saturated heterocycles. The molecule has 118 valence electrons. The van der Waals surface area contributed by atoms with Crippen LogP contribution < -0.4 is 10.2 Å². The lowest BCUT2D eigenvalue weighted by Gasteiger charge is -2.43. The quantitative estimate of drug-likeness (QED) is 0.773. The summed E-state index contributed by atoms with van der Waals surface area (Å²) in [5.41, 5.74) is 1.53. The third-order valence-electron chi connectivity index (χ3n) is 5.66. The molecule has 0 amide bonds. The smallest absolute Gasteiger partial charge is 0.211 e. The fourth-order valence-electron chi connectivity index (χ4n) is 4.45. The van der Waals surface area contributed by atoms with Gasteiger partial charge in [-0.3, -0.25) is 4.40 Å². The van der Waals surface area contributed by atoms with Crippen molar-refractivity contribution in [3.8, 4) is 0 Å². The van der Waals surface area contributed by atoms with Gasteiger partial charge in [0.2, 0.25) is 5.95 Å². The van der Waals surface area contributed by atoms with Gasteiger partial charge in [-0.05, 0) is 60.7 Å². The molecule has 1 atom stereocenters. The SMILES string of the molecule is CN[C@@H]1CCCC12CCN(c1ncc(I)c3nccn13)CC2. The summed E-state index contributed by atoms with van der Waals surface area (Å²) in [6, 6.07) is 0.701. The van der Waals surface area contributed by atoms with E-state index in [2.05, 4.69) is 54.2 Å². The molecule has 3 heterocycles. The molecule has 0 radical (unpaired) electrons. The highest BCUT2D eigenvalue weighted by Gasteiger charge is 2.44. The lowest BCUT2D eigenvalue weighted by molar-refractivity contribution is 0.177. The van der Waals surface area contributed by atoms with E-state index >= 15 is 0 Å². The van der Waals surface area contributed by atoms with Crippen molar-refractivity contribution >= 4 is 34.2 Å². The maximum absolute atomic E-state index is 4.68. The Balaban J connectivity index is 1.58. The van der Waals surface area contributed by atoms with E-state index in [1.54, 1.807) is 0 Å². The normalized spacial score (nSPS) is 24.5. The molecular formula is C16H22IN5. The summed E-state index contributed by atoms with van der Waals surface area (Å²) < 4.78 is 3.23. The van der Waals surface area contributed by atoms with Crippen LogP contribution >= 0.6 is 22.6 Å². The van der Waals surface area contributed by atoms with Crippen LogP contribution in [0.1, 0.15) is 32.1 Å². The van der Waals surface area contributed by atoms with Gasteiger partial charge >= 0.3 is 0 Å². The number of fused-ring (bicyclic) bond motifs is 1. The maximum Gasteiger partial charge on any atom is 0.211 e. The number of nitrogens with one attached hydrogen (secondary N) is 1. The largest absolute Gasteiger partial charge is 0.342 e. The van der Waals surface area contributed by atoms with Gasteiger partial charge in [-0.2, -0.15) is 0 Å². The van der Waals surface area contributed by atoms with Crippen LogP contribution in [0.2, 0.25) is 0 Å². The van der Waals surface area contributed by atoms with Gasteiger partial charge in [0.1, 0.15) is 0 Å². The molecule has 2 aromatic heterocycles. The maximum atomic E-state index is 4.68. The minimum atomic E-state index is 0.516. The molecule has 0 aromatic carbocycles. The molecule has 4 rings (SSSR count). The van der Waals surface area contributed by atoms with E-state index in [9.17, 15) is 0 Å². The predicted molar refractivity (Wildman–Crippen MR) is 96.3 cm³/mol. The van der Waals surface area contributed by atoms with Gasteiger partial charge in [-0.25, -0.2) is 9.97 Å². The van der Waals surface area contributed by atoms with Crippen LogP contribution in [-0.2, 0) is 0 Å². The summed E-state index contributed by atoms with van der Waals surface area (Å²) in [5, 5.41) is 3.56. The Morgan fingerprint density at radius 1 is 1.27 bits per heavy atom. The van der Waals surface area contributed by atoms with Crippen molar-refractivity contribution in [2.24, 2.45) is 5.41 Å². The second kappa shape index (κ2) is 5.63. The number of nitrogens with zero attached hydrogens (tertiary/aromatic N) is 4. The number of piperidine rings is 1. The zero-order chi connectivity index (χ0) is 15.2. The molecule has 6 heteroatoms. The summed E-state index contributed by atoms with van der Waals surface area (Å²) in [6.07, 6.45) is 12.5. The van der Waals surface area contributed by atoms with E-state index in [4.69, 9.17) is 0 Å². The molecule has 2 aromatic rings. The lowest BCUT2D eigenvalue weighted by Crippen LogP contribution is -2.48. The van der Waals surface area contributed by atoms with Gasteiger partial charge in [0.05, 0.1) is 3.57 Å². The average molecular weight is 411 g/mol. The number of halogens is 1. The van der Waals surface area contributed by atoms with Crippen LogP contribution in [0.3, 0.4) is 0 Å². The zero-order valence-corrected chi connectivity index (χ0v) is 15.1. The number of imidazole rings is 1. The van der Waals surface area contributed by atoms with Crippen molar-refractivity contribution in [2.45, 2.75) is 38.1 Å². The highest BCUT2D eigenvalue weighted by Crippen LogP contribution is 2.46. The van der Waals surface area contributed by atoms with Crippen molar-refractivity contribution in [3.63, 3.8) is 0 Å². The standard InChI is InChI=1S/C16H22IN5/c1-18-13-3-2-4-16(13)5-8-21(9-6-16)15-20-11-12(17)14-19-7-10-22(14)15/h7,10-11,13,18H,2-6,8-9H2,1H3/t13-/m1/s1. The Morgan fingerprint density at radius 3 is 2.86 bits per heavy atom. The monoisotopic (exact) mass is 411 g/mol. The summed E-state index contributed by atoms with van der Waals surface area (Å²) in [7, 11) is 2.12. The Hall–Kier alpha value is -0.890. The van der Waals surface area contributed by atoms with Gasteiger partial charge in [0.15, 0.2) is 5.65 Å². The summed E-state index contributed by atoms with van der Waals surface area (Å²) >= 11 is 2.30. The first-order chi connectivity index (χ1) is 10.7. The van der Waals surface area contributed by atoms with E-state index in [0.29, 0.717) is 11.5 Å². The third-order valence-corrected chi connectivity index (χ3v) is 6.42. The van der Waals surface area contributed by atoms with Crippen molar-refractivity contribution in [1.82, 2.24) is 19.7 Å². The van der Waals surface area contributed by atoms with E-state index in [-0.39, 0.29) is 0 Å². The number of rotatable bonds is 2. The second-order valence-electron chi connectivity index (χ2n) is 6.61. The molecule has 1 spiro atoms. The van der Waals surface area contributed by atoms with E-state index in [0.717, 1.165) is 28.3 Å². The van der Waals surface area contributed by atoms with Crippen LogP contribution in [0, 0.1) is 8.99 Å². The van der Waals surface area contributed by atoms with E-state index in [1.165, 1.54) is 32.1 Å². The van der Waals surface area contributed by atoms with Gasteiger partial charge in [-0.15, -0.1) is 0 Å². The lowest BCUT2D eigenvalue weighted by atomic mass is 9.74. The Labute approximate surface area is 144 Å². The first-order valence-corrected chi connectivity index (χ1v) is 9.21. The Bertz CT molecular complexity index is 674. The molecule has 2 aliphatic rings. The molecule has 0 unspecified atom stereocenters. The van der Waals surface area contributed by atoms with Crippen LogP contribution in [0.15, 0.2) is 18.6 Å². The topological polar surface area (TPSA) is 45.5 Å². The van der Waals surface area contributed by atoms with E-state index in [1.807, 2.05) is 18.6 Å². The summed E-state index contributed by atoms with van der Waals surface area (Å²) in [4.78, 5) is 11.6. The molecule has 1 saturated carbocycles. The average Bonchev–Trinajstić information content (AvgIpc) is 3.17. The zero-order valence-electron chi connectivity index (χ0n) is 12.9. The number of hydrogen-bond donors (Lipinski definition) is 1. The Morgan fingerprint density at radius 2 is 2.09 bits per heavy atom. The molecule has 0 bridgehead atoms. The Kier molecular flexibility index (Phi) is 3.76. The van der Waals surface area contributed by atoms with Crippen LogP contribution in [0.4, 0.5) is 5.95 Å². The third kappa shape index (κ3) is 2.22. The summed E-state index contributed by atoms with van der Waals surface area (Å²) in [6.45, 7) is 2.19. The predicted octanol–water partition coefficient (Wildman–Crippen LogP) is 2.69. The highest BCUT2D eigenvalue weighted by atomic mass is 127. The first kappa shape index (κ1) is 14.7. The molecule has 1 aliphatic heterocycles. The van der Waals surface area contributed by atoms with Gasteiger partial charge in [-0.1, -0.05) is 6.42 Å². The van der Waals surface area contributed by atoms with E-state index < -0.39 is 0 Å². The second-order valence-corrected chi connectivity index (χ2v) is 7.77. The van der Waals surface area contributed by atoms with Crippen LogP contribution in [-0.4, -0.2) is 40.5 Å². The van der Waals surface area contributed by atoms with Crippen LogP contribution in [0.25, 0.3) is 5.65 Å². The molecule has 2 fully saturated rings. The van der Waals surface area contributed by atoms with Gasteiger partial charge < -0.3 is 10.2 Å². The molecule has 1 aliphatic carbocycles. The molecule has 22 heavy (non-hydrogen) atoms. The molecule has 1 N–H and O–H groups in total. The minimum absolute atomic E-state index is 0.516. The number of aromatic nitrogens is 3. The van der Waals surface area contributed by atoms with Crippen molar-refractivity contribution < 1.29 is 0 Å².